The van der Waals surface area contributed by atoms with Gasteiger partial charge in [-0.3, -0.25) is 0 Å². The van der Waals surface area contributed by atoms with E-state index in [4.69, 9.17) is 17.3 Å². The van der Waals surface area contributed by atoms with Crippen LogP contribution < -0.4 is 10.5 Å². The number of nitrogens with one attached hydrogen (secondary N) is 1. The first-order valence-corrected chi connectivity index (χ1v) is 7.43. The highest BCUT2D eigenvalue weighted by Gasteiger charge is 2.12. The summed E-state index contributed by atoms with van der Waals surface area (Å²) in [5.74, 6) is 0. The van der Waals surface area contributed by atoms with Crippen molar-refractivity contribution in [2.24, 2.45) is 0 Å². The van der Waals surface area contributed by atoms with Crippen molar-refractivity contribution < 1.29 is 8.42 Å². The molecule has 0 aliphatic heterocycles. The van der Waals surface area contributed by atoms with Crippen molar-refractivity contribution in [3.05, 3.63) is 59.1 Å². The highest BCUT2D eigenvalue weighted by Crippen LogP contribution is 2.13. The van der Waals surface area contributed by atoms with Crippen LogP contribution in [0, 0.1) is 0 Å². The Morgan fingerprint density at radius 2 is 1.58 bits per heavy atom. The lowest BCUT2D eigenvalue weighted by Gasteiger charge is -2.07. The SMILES string of the molecule is Nc1ccc(S(=O)(=O)NCc2ccc(Cl)cc2)cc1. The zero-order chi connectivity index (χ0) is 13.9. The summed E-state index contributed by atoms with van der Waals surface area (Å²) in [5, 5.41) is 0.616. The number of benzene rings is 2. The molecule has 100 valence electrons. The van der Waals surface area contributed by atoms with E-state index < -0.39 is 10.0 Å². The lowest BCUT2D eigenvalue weighted by Crippen LogP contribution is -2.23. The molecule has 0 bridgehead atoms. The fourth-order valence-corrected chi connectivity index (χ4v) is 2.65. The monoisotopic (exact) mass is 296 g/mol. The molecule has 0 fully saturated rings. The van der Waals surface area contributed by atoms with Gasteiger partial charge in [0, 0.05) is 17.3 Å². The van der Waals surface area contributed by atoms with Gasteiger partial charge in [-0.1, -0.05) is 23.7 Å². The van der Waals surface area contributed by atoms with Crippen LogP contribution in [0.2, 0.25) is 5.02 Å². The Bertz CT molecular complexity index is 652. The van der Waals surface area contributed by atoms with Gasteiger partial charge >= 0.3 is 0 Å². The van der Waals surface area contributed by atoms with Gasteiger partial charge < -0.3 is 5.73 Å². The largest absolute Gasteiger partial charge is 0.399 e. The summed E-state index contributed by atoms with van der Waals surface area (Å²) >= 11 is 5.76. The zero-order valence-corrected chi connectivity index (χ0v) is 11.6. The molecule has 2 aromatic carbocycles. The van der Waals surface area contributed by atoms with E-state index in [0.717, 1.165) is 5.56 Å². The van der Waals surface area contributed by atoms with Gasteiger partial charge in [-0.25, -0.2) is 13.1 Å². The summed E-state index contributed by atoms with van der Waals surface area (Å²) in [5.41, 5.74) is 6.88. The van der Waals surface area contributed by atoms with Gasteiger partial charge in [0.1, 0.15) is 0 Å². The van der Waals surface area contributed by atoms with Gasteiger partial charge in [0.2, 0.25) is 10.0 Å². The Morgan fingerprint density at radius 1 is 1.00 bits per heavy atom. The second-order valence-electron chi connectivity index (χ2n) is 4.02. The number of nitrogen functional groups attached to an aromatic ring is 1. The predicted molar refractivity (Wildman–Crippen MR) is 76.3 cm³/mol. The van der Waals surface area contributed by atoms with E-state index in [2.05, 4.69) is 4.72 Å². The molecule has 0 aliphatic rings. The Kier molecular flexibility index (Phi) is 4.09. The second kappa shape index (κ2) is 5.61. The molecule has 0 amide bonds. The van der Waals surface area contributed by atoms with Crippen molar-refractivity contribution in [3.63, 3.8) is 0 Å². The molecule has 19 heavy (non-hydrogen) atoms. The Labute approximate surface area is 117 Å². The average Bonchev–Trinajstić information content (AvgIpc) is 2.39. The molecule has 3 N–H and O–H groups in total. The zero-order valence-electron chi connectivity index (χ0n) is 10.0. The molecule has 0 radical (unpaired) electrons. The van der Waals surface area contributed by atoms with E-state index >= 15 is 0 Å². The van der Waals surface area contributed by atoms with Crippen LogP contribution in [0.3, 0.4) is 0 Å². The normalized spacial score (nSPS) is 11.4. The Morgan fingerprint density at radius 3 is 2.16 bits per heavy atom. The number of hydrogen-bond acceptors (Lipinski definition) is 3. The third-order valence-corrected chi connectivity index (χ3v) is 4.24. The van der Waals surface area contributed by atoms with Gasteiger partial charge in [0.05, 0.1) is 4.90 Å². The Hall–Kier alpha value is -1.56. The minimum Gasteiger partial charge on any atom is -0.399 e. The number of nitrogens with two attached hydrogens (primary N) is 1. The molecule has 0 heterocycles. The maximum absolute atomic E-state index is 12.0. The summed E-state index contributed by atoms with van der Waals surface area (Å²) in [6.07, 6.45) is 0. The van der Waals surface area contributed by atoms with Crippen LogP contribution in [0.15, 0.2) is 53.4 Å². The van der Waals surface area contributed by atoms with Gasteiger partial charge in [-0.15, -0.1) is 0 Å². The summed E-state index contributed by atoms with van der Waals surface area (Å²) in [7, 11) is -3.52. The molecule has 2 aromatic rings. The van der Waals surface area contributed by atoms with E-state index in [0.29, 0.717) is 10.7 Å². The molecule has 0 unspecified atom stereocenters. The van der Waals surface area contributed by atoms with Crippen LogP contribution in [-0.2, 0) is 16.6 Å². The van der Waals surface area contributed by atoms with E-state index in [9.17, 15) is 8.42 Å². The molecule has 0 aromatic heterocycles. The third kappa shape index (κ3) is 3.70. The first-order valence-electron chi connectivity index (χ1n) is 5.57. The first-order chi connectivity index (χ1) is 8.97. The van der Waals surface area contributed by atoms with Gasteiger partial charge in [0.15, 0.2) is 0 Å². The van der Waals surface area contributed by atoms with Crippen LogP contribution in [-0.4, -0.2) is 8.42 Å². The number of hydrogen-bond donors (Lipinski definition) is 2. The summed E-state index contributed by atoms with van der Waals surface area (Å²) in [6.45, 7) is 0.212. The van der Waals surface area contributed by atoms with Crippen LogP contribution in [0.1, 0.15) is 5.56 Å². The maximum Gasteiger partial charge on any atom is 0.240 e. The quantitative estimate of drug-likeness (QED) is 0.851. The molecule has 0 saturated heterocycles. The number of anilines is 1. The second-order valence-corrected chi connectivity index (χ2v) is 6.22. The number of halogens is 1. The molecule has 0 spiro atoms. The van der Waals surface area contributed by atoms with E-state index in [-0.39, 0.29) is 11.4 Å². The maximum atomic E-state index is 12.0. The van der Waals surface area contributed by atoms with Crippen LogP contribution in [0.25, 0.3) is 0 Å². The first kappa shape index (κ1) is 13.9. The predicted octanol–water partition coefficient (Wildman–Crippen LogP) is 2.40. The molecule has 0 aliphatic carbocycles. The molecule has 0 atom stereocenters. The molecular formula is C13H13ClN2O2S. The van der Waals surface area contributed by atoms with E-state index in [1.807, 2.05) is 0 Å². The standard InChI is InChI=1S/C13H13ClN2O2S/c14-11-3-1-10(2-4-11)9-16-19(17,18)13-7-5-12(15)6-8-13/h1-8,16H,9,15H2. The van der Waals surface area contributed by atoms with Crippen LogP contribution >= 0.6 is 11.6 Å². The molecule has 4 nitrogen and oxygen atoms in total. The number of rotatable bonds is 4. The highest BCUT2D eigenvalue weighted by atomic mass is 35.5. The van der Waals surface area contributed by atoms with E-state index in [1.54, 1.807) is 36.4 Å². The van der Waals surface area contributed by atoms with Crippen molar-refractivity contribution in [2.75, 3.05) is 5.73 Å². The van der Waals surface area contributed by atoms with Crippen molar-refractivity contribution >= 4 is 27.3 Å². The van der Waals surface area contributed by atoms with Crippen molar-refractivity contribution in [1.82, 2.24) is 4.72 Å². The molecule has 0 saturated carbocycles. The fraction of sp³-hybridized carbons (Fsp3) is 0.0769. The smallest absolute Gasteiger partial charge is 0.240 e. The lowest BCUT2D eigenvalue weighted by molar-refractivity contribution is 0.581. The van der Waals surface area contributed by atoms with E-state index in [1.165, 1.54) is 12.1 Å². The fourth-order valence-electron chi connectivity index (χ4n) is 1.51. The minimum absolute atomic E-state index is 0.190. The average molecular weight is 297 g/mol. The minimum atomic E-state index is -3.52. The van der Waals surface area contributed by atoms with Crippen molar-refractivity contribution in [2.45, 2.75) is 11.4 Å². The lowest BCUT2D eigenvalue weighted by atomic mass is 10.2. The number of sulfonamides is 1. The molecule has 2 rings (SSSR count). The highest BCUT2D eigenvalue weighted by molar-refractivity contribution is 7.89. The summed E-state index contributed by atoms with van der Waals surface area (Å²) in [6, 6.07) is 13.0. The van der Waals surface area contributed by atoms with Crippen LogP contribution in [0.4, 0.5) is 5.69 Å². The van der Waals surface area contributed by atoms with Crippen molar-refractivity contribution in [3.8, 4) is 0 Å². The Balaban J connectivity index is 2.09. The van der Waals surface area contributed by atoms with Gasteiger partial charge in [-0.2, -0.15) is 0 Å². The topological polar surface area (TPSA) is 72.2 Å². The van der Waals surface area contributed by atoms with Gasteiger partial charge in [-0.05, 0) is 42.0 Å². The summed E-state index contributed by atoms with van der Waals surface area (Å²) in [4.78, 5) is 0.190. The van der Waals surface area contributed by atoms with Crippen LogP contribution in [0.5, 0.6) is 0 Å². The van der Waals surface area contributed by atoms with Gasteiger partial charge in [0.25, 0.3) is 0 Å². The van der Waals surface area contributed by atoms with Crippen molar-refractivity contribution in [1.29, 1.82) is 0 Å². The third-order valence-electron chi connectivity index (χ3n) is 2.57. The molecular weight excluding hydrogens is 284 g/mol. The summed E-state index contributed by atoms with van der Waals surface area (Å²) < 4.78 is 26.5. The molecule has 6 heteroatoms.